The van der Waals surface area contributed by atoms with Gasteiger partial charge in [0.05, 0.1) is 0 Å². The number of hydrogen-bond donors (Lipinski definition) is 2. The van der Waals surface area contributed by atoms with Crippen molar-refractivity contribution in [3.05, 3.63) is 93.3 Å². The normalized spacial score (nSPS) is 12.4. The van der Waals surface area contributed by atoms with Crippen LogP contribution in [0.3, 0.4) is 0 Å². The Labute approximate surface area is 192 Å². The first kappa shape index (κ1) is 21.6. The van der Waals surface area contributed by atoms with Gasteiger partial charge in [0, 0.05) is 15.7 Å². The predicted molar refractivity (Wildman–Crippen MR) is 122 cm³/mol. The fourth-order valence-electron chi connectivity index (χ4n) is 2.99. The van der Waals surface area contributed by atoms with Crippen molar-refractivity contribution in [2.24, 2.45) is 0 Å². The van der Waals surface area contributed by atoms with E-state index in [9.17, 15) is 14.0 Å². The lowest BCUT2D eigenvalue weighted by atomic mass is 10.1. The molecule has 3 aromatic rings. The molecule has 0 atom stereocenters. The Kier molecular flexibility index (Phi) is 6.23. The van der Waals surface area contributed by atoms with Gasteiger partial charge in [-0.05, 0) is 72.7 Å². The fourth-order valence-corrected chi connectivity index (χ4v) is 3.26. The SMILES string of the molecule is Cc1ccc(NC(=O)C(=Cc2ccc3c(c2)OCO3)NC(=O)c2ccc(Br)cc2)cc1F. The molecule has 6 nitrogen and oxygen atoms in total. The van der Waals surface area contributed by atoms with E-state index in [0.717, 1.165) is 4.47 Å². The third-order valence-corrected chi connectivity index (χ3v) is 5.27. The smallest absolute Gasteiger partial charge is 0.272 e. The summed E-state index contributed by atoms with van der Waals surface area (Å²) in [6, 6.07) is 16.2. The number of anilines is 1. The van der Waals surface area contributed by atoms with Gasteiger partial charge in [-0.25, -0.2) is 4.39 Å². The van der Waals surface area contributed by atoms with E-state index in [1.807, 2.05) is 0 Å². The zero-order valence-electron chi connectivity index (χ0n) is 16.9. The molecule has 0 unspecified atom stereocenters. The van der Waals surface area contributed by atoms with Gasteiger partial charge < -0.3 is 20.1 Å². The number of rotatable bonds is 5. The Hall–Kier alpha value is -3.65. The van der Waals surface area contributed by atoms with Crippen molar-refractivity contribution in [1.29, 1.82) is 0 Å². The van der Waals surface area contributed by atoms with E-state index in [-0.39, 0.29) is 18.2 Å². The van der Waals surface area contributed by atoms with Crippen LogP contribution in [-0.4, -0.2) is 18.6 Å². The van der Waals surface area contributed by atoms with Crippen LogP contribution in [0.25, 0.3) is 6.08 Å². The highest BCUT2D eigenvalue weighted by molar-refractivity contribution is 9.10. The lowest BCUT2D eigenvalue weighted by Crippen LogP contribution is -2.30. The Morgan fingerprint density at radius 3 is 2.50 bits per heavy atom. The van der Waals surface area contributed by atoms with Crippen molar-refractivity contribution >= 4 is 39.5 Å². The second-order valence-electron chi connectivity index (χ2n) is 7.05. The molecule has 0 fully saturated rings. The number of carbonyl (C=O) groups is 2. The van der Waals surface area contributed by atoms with E-state index in [1.54, 1.807) is 61.5 Å². The summed E-state index contributed by atoms with van der Waals surface area (Å²) in [5.74, 6) is -0.366. The molecule has 0 radical (unpaired) electrons. The highest BCUT2D eigenvalue weighted by Gasteiger charge is 2.17. The van der Waals surface area contributed by atoms with Gasteiger partial charge in [-0.1, -0.05) is 28.1 Å². The number of aryl methyl sites for hydroxylation is 1. The van der Waals surface area contributed by atoms with Crippen molar-refractivity contribution in [1.82, 2.24) is 5.32 Å². The monoisotopic (exact) mass is 496 g/mol. The first-order chi connectivity index (χ1) is 15.4. The molecule has 2 amide bonds. The van der Waals surface area contributed by atoms with Crippen LogP contribution in [0, 0.1) is 12.7 Å². The maximum absolute atomic E-state index is 13.9. The van der Waals surface area contributed by atoms with E-state index in [0.29, 0.717) is 28.2 Å². The second kappa shape index (κ2) is 9.23. The molecule has 0 spiro atoms. The van der Waals surface area contributed by atoms with Crippen molar-refractivity contribution in [2.75, 3.05) is 12.1 Å². The van der Waals surface area contributed by atoms with E-state index in [4.69, 9.17) is 9.47 Å². The zero-order valence-corrected chi connectivity index (χ0v) is 18.5. The molecule has 1 aliphatic heterocycles. The minimum Gasteiger partial charge on any atom is -0.454 e. The predicted octanol–water partition coefficient (Wildman–Crippen LogP) is 5.03. The topological polar surface area (TPSA) is 76.7 Å². The summed E-state index contributed by atoms with van der Waals surface area (Å²) in [5.41, 5.74) is 1.71. The van der Waals surface area contributed by atoms with Crippen LogP contribution in [-0.2, 0) is 4.79 Å². The third kappa shape index (κ3) is 4.97. The number of nitrogens with one attached hydrogen (secondary N) is 2. The van der Waals surface area contributed by atoms with Crippen LogP contribution >= 0.6 is 15.9 Å². The molecule has 0 bridgehead atoms. The quantitative estimate of drug-likeness (QED) is 0.485. The average Bonchev–Trinajstić information content (AvgIpc) is 3.24. The molecule has 32 heavy (non-hydrogen) atoms. The van der Waals surface area contributed by atoms with Crippen molar-refractivity contribution in [2.45, 2.75) is 6.92 Å². The maximum atomic E-state index is 13.9. The summed E-state index contributed by atoms with van der Waals surface area (Å²) >= 11 is 3.33. The van der Waals surface area contributed by atoms with Gasteiger partial charge in [-0.15, -0.1) is 0 Å². The minimum atomic E-state index is -0.601. The lowest BCUT2D eigenvalue weighted by Gasteiger charge is -2.12. The fraction of sp³-hybridized carbons (Fsp3) is 0.0833. The van der Waals surface area contributed by atoms with Crippen LogP contribution in [0.2, 0.25) is 0 Å². The molecule has 4 rings (SSSR count). The average molecular weight is 497 g/mol. The lowest BCUT2D eigenvalue weighted by molar-refractivity contribution is -0.113. The van der Waals surface area contributed by atoms with Crippen LogP contribution in [0.1, 0.15) is 21.5 Å². The van der Waals surface area contributed by atoms with Gasteiger partial charge >= 0.3 is 0 Å². The molecule has 162 valence electrons. The summed E-state index contributed by atoms with van der Waals surface area (Å²) in [4.78, 5) is 25.7. The number of amides is 2. The summed E-state index contributed by atoms with van der Waals surface area (Å²) in [6.45, 7) is 1.75. The van der Waals surface area contributed by atoms with Crippen LogP contribution in [0.4, 0.5) is 10.1 Å². The standard InChI is InChI=1S/C24H18BrFN2O4/c1-14-2-8-18(12-19(14)26)27-24(30)20(28-23(29)16-4-6-17(25)7-5-16)10-15-3-9-21-22(11-15)32-13-31-21/h2-12H,13H2,1H3,(H,27,30)(H,28,29). The third-order valence-electron chi connectivity index (χ3n) is 4.74. The van der Waals surface area contributed by atoms with Crippen LogP contribution in [0.15, 0.2) is 70.8 Å². The first-order valence-electron chi connectivity index (χ1n) is 9.65. The molecule has 3 aromatic carbocycles. The van der Waals surface area contributed by atoms with Gasteiger partial charge in [0.25, 0.3) is 11.8 Å². The highest BCUT2D eigenvalue weighted by Crippen LogP contribution is 2.33. The van der Waals surface area contributed by atoms with Gasteiger partial charge in [0.15, 0.2) is 11.5 Å². The Morgan fingerprint density at radius 1 is 1.00 bits per heavy atom. The largest absolute Gasteiger partial charge is 0.454 e. The zero-order chi connectivity index (χ0) is 22.7. The van der Waals surface area contributed by atoms with Crippen molar-refractivity contribution in [3.8, 4) is 11.5 Å². The van der Waals surface area contributed by atoms with Gasteiger partial charge in [0.2, 0.25) is 6.79 Å². The minimum absolute atomic E-state index is 0.0160. The van der Waals surface area contributed by atoms with E-state index < -0.39 is 17.6 Å². The maximum Gasteiger partial charge on any atom is 0.272 e. The van der Waals surface area contributed by atoms with E-state index in [1.165, 1.54) is 12.1 Å². The molecule has 0 aromatic heterocycles. The molecule has 1 heterocycles. The molecule has 0 aliphatic carbocycles. The number of halogens is 2. The first-order valence-corrected chi connectivity index (χ1v) is 10.4. The molecule has 0 saturated carbocycles. The molecular formula is C24H18BrFN2O4. The number of carbonyl (C=O) groups excluding carboxylic acids is 2. The van der Waals surface area contributed by atoms with E-state index >= 15 is 0 Å². The summed E-state index contributed by atoms with van der Waals surface area (Å²) in [7, 11) is 0. The van der Waals surface area contributed by atoms with Crippen molar-refractivity contribution < 1.29 is 23.5 Å². The van der Waals surface area contributed by atoms with Gasteiger partial charge in [0.1, 0.15) is 11.5 Å². The Morgan fingerprint density at radius 2 is 1.75 bits per heavy atom. The van der Waals surface area contributed by atoms with Gasteiger partial charge in [-0.2, -0.15) is 0 Å². The number of ether oxygens (including phenoxy) is 2. The summed E-state index contributed by atoms with van der Waals surface area (Å²) in [6.07, 6.45) is 1.51. The number of hydrogen-bond acceptors (Lipinski definition) is 4. The molecule has 8 heteroatoms. The van der Waals surface area contributed by atoms with E-state index in [2.05, 4.69) is 26.6 Å². The number of fused-ring (bicyclic) bond motifs is 1. The van der Waals surface area contributed by atoms with Gasteiger partial charge in [-0.3, -0.25) is 9.59 Å². The number of benzene rings is 3. The highest BCUT2D eigenvalue weighted by atomic mass is 79.9. The Balaban J connectivity index is 1.63. The molecule has 1 aliphatic rings. The summed E-state index contributed by atoms with van der Waals surface area (Å²) in [5, 5.41) is 5.27. The summed E-state index contributed by atoms with van der Waals surface area (Å²) < 4.78 is 25.4. The second-order valence-corrected chi connectivity index (χ2v) is 7.97. The van der Waals surface area contributed by atoms with Crippen LogP contribution < -0.4 is 20.1 Å². The molecule has 2 N–H and O–H groups in total. The molecule has 0 saturated heterocycles. The molecular weight excluding hydrogens is 479 g/mol. The Bertz CT molecular complexity index is 1230. The van der Waals surface area contributed by atoms with Crippen molar-refractivity contribution in [3.63, 3.8) is 0 Å². The van der Waals surface area contributed by atoms with Crippen LogP contribution in [0.5, 0.6) is 11.5 Å².